The van der Waals surface area contributed by atoms with Crippen LogP contribution in [0.4, 0.5) is 0 Å². The van der Waals surface area contributed by atoms with Crippen LogP contribution in [0.3, 0.4) is 0 Å². The van der Waals surface area contributed by atoms with E-state index in [9.17, 15) is 4.79 Å². The van der Waals surface area contributed by atoms with Crippen molar-refractivity contribution in [3.63, 3.8) is 0 Å². The molecule has 0 saturated heterocycles. The van der Waals surface area contributed by atoms with Crippen molar-refractivity contribution < 1.29 is 40.5 Å². The Morgan fingerprint density at radius 3 is 2.05 bits per heavy atom. The SMILES string of the molecule is CCCCCCCCCCOC(=O)[C@@H](N)CC(C)C.[H-].[Na+]. The molecule has 0 aliphatic carbocycles. The van der Waals surface area contributed by atoms with Gasteiger partial charge < -0.3 is 11.9 Å². The van der Waals surface area contributed by atoms with Crippen LogP contribution in [0.25, 0.3) is 0 Å². The van der Waals surface area contributed by atoms with E-state index in [-0.39, 0.29) is 37.0 Å². The van der Waals surface area contributed by atoms with Gasteiger partial charge in [0.2, 0.25) is 0 Å². The molecule has 116 valence electrons. The molecule has 0 fully saturated rings. The molecule has 0 unspecified atom stereocenters. The normalized spacial score (nSPS) is 12.1. The van der Waals surface area contributed by atoms with Gasteiger partial charge in [-0.3, -0.25) is 4.79 Å². The summed E-state index contributed by atoms with van der Waals surface area (Å²) in [5, 5.41) is 0. The van der Waals surface area contributed by atoms with Crippen molar-refractivity contribution in [3.05, 3.63) is 0 Å². The van der Waals surface area contributed by atoms with E-state index < -0.39 is 6.04 Å². The number of ether oxygens (including phenoxy) is 1. The van der Waals surface area contributed by atoms with Crippen LogP contribution in [-0.2, 0) is 9.53 Å². The molecule has 2 N–H and O–H groups in total. The molecule has 0 rings (SSSR count). The molecule has 0 heterocycles. The zero-order valence-electron chi connectivity index (χ0n) is 15.1. The zero-order chi connectivity index (χ0) is 14.5. The van der Waals surface area contributed by atoms with E-state index in [1.807, 2.05) is 0 Å². The van der Waals surface area contributed by atoms with E-state index in [0.29, 0.717) is 18.9 Å². The summed E-state index contributed by atoms with van der Waals surface area (Å²) in [5.41, 5.74) is 5.75. The van der Waals surface area contributed by atoms with E-state index in [1.165, 1.54) is 38.5 Å². The van der Waals surface area contributed by atoms with Crippen molar-refractivity contribution in [1.29, 1.82) is 0 Å². The molecule has 0 bridgehead atoms. The molecule has 0 aliphatic heterocycles. The molecule has 0 aliphatic rings. The first-order chi connectivity index (χ1) is 9.07. The topological polar surface area (TPSA) is 52.3 Å². The summed E-state index contributed by atoms with van der Waals surface area (Å²) in [5.74, 6) is 0.197. The van der Waals surface area contributed by atoms with Crippen molar-refractivity contribution >= 4 is 5.97 Å². The minimum absolute atomic E-state index is 0. The van der Waals surface area contributed by atoms with Crippen LogP contribution in [0.15, 0.2) is 0 Å². The summed E-state index contributed by atoms with van der Waals surface area (Å²) in [4.78, 5) is 11.5. The van der Waals surface area contributed by atoms with Crippen molar-refractivity contribution in [1.82, 2.24) is 0 Å². The molecule has 1 atom stereocenters. The Balaban J connectivity index is -0.00000162. The van der Waals surface area contributed by atoms with Crippen LogP contribution >= 0.6 is 0 Å². The van der Waals surface area contributed by atoms with Crippen molar-refractivity contribution in [2.24, 2.45) is 11.7 Å². The van der Waals surface area contributed by atoms with Gasteiger partial charge in [-0.2, -0.15) is 0 Å². The molecule has 0 aromatic heterocycles. The predicted molar refractivity (Wildman–Crippen MR) is 82.1 cm³/mol. The molecule has 4 heteroatoms. The summed E-state index contributed by atoms with van der Waals surface area (Å²) >= 11 is 0. The average molecular weight is 295 g/mol. The van der Waals surface area contributed by atoms with Crippen LogP contribution in [0.2, 0.25) is 0 Å². The van der Waals surface area contributed by atoms with E-state index in [2.05, 4.69) is 20.8 Å². The number of carbonyl (C=O) groups is 1. The molecule has 0 radical (unpaired) electrons. The predicted octanol–water partition coefficient (Wildman–Crippen LogP) is 1.16. The van der Waals surface area contributed by atoms with Crippen LogP contribution in [0.5, 0.6) is 0 Å². The molecule has 0 aromatic carbocycles. The Kier molecular flexibility index (Phi) is 18.0. The molecular formula is C16H34NNaO2. The molecule has 0 saturated carbocycles. The maximum atomic E-state index is 11.5. The van der Waals surface area contributed by atoms with Crippen LogP contribution in [-0.4, -0.2) is 18.6 Å². The first-order valence-electron chi connectivity index (χ1n) is 8.00. The number of esters is 1. The van der Waals surface area contributed by atoms with Crippen molar-refractivity contribution in [3.8, 4) is 0 Å². The molecule has 20 heavy (non-hydrogen) atoms. The van der Waals surface area contributed by atoms with E-state index in [1.54, 1.807) is 0 Å². The molecule has 0 amide bonds. The summed E-state index contributed by atoms with van der Waals surface area (Å²) in [6, 6.07) is -0.450. The molecular weight excluding hydrogens is 261 g/mol. The quantitative estimate of drug-likeness (QED) is 0.334. The Hall–Kier alpha value is 0.430. The van der Waals surface area contributed by atoms with Gasteiger partial charge in [0.15, 0.2) is 0 Å². The smallest absolute Gasteiger partial charge is 1.00 e. The summed E-state index contributed by atoms with van der Waals surface area (Å²) < 4.78 is 5.19. The number of nitrogens with two attached hydrogens (primary N) is 1. The van der Waals surface area contributed by atoms with Crippen LogP contribution in [0.1, 0.15) is 80.0 Å². The van der Waals surface area contributed by atoms with Gasteiger partial charge in [-0.15, -0.1) is 0 Å². The standard InChI is InChI=1S/C16H33NO2.Na.H/c1-4-5-6-7-8-9-10-11-12-19-16(18)15(17)13-14(2)3;;/h14-15H,4-13,17H2,1-3H3;;/q;+1;-1/t15-;;/m0../s1. The average Bonchev–Trinajstić information content (AvgIpc) is 2.35. The summed E-state index contributed by atoms with van der Waals surface area (Å²) in [7, 11) is 0. The Labute approximate surface area is 149 Å². The fourth-order valence-corrected chi connectivity index (χ4v) is 2.12. The van der Waals surface area contributed by atoms with Gasteiger partial charge in [0.1, 0.15) is 6.04 Å². The first kappa shape index (κ1) is 22.7. The minimum Gasteiger partial charge on any atom is -1.00 e. The van der Waals surface area contributed by atoms with Gasteiger partial charge in [0.05, 0.1) is 6.61 Å². The van der Waals surface area contributed by atoms with Gasteiger partial charge >= 0.3 is 35.5 Å². The number of unbranched alkanes of at least 4 members (excludes halogenated alkanes) is 7. The maximum absolute atomic E-state index is 11.5. The fourth-order valence-electron chi connectivity index (χ4n) is 2.12. The van der Waals surface area contributed by atoms with E-state index in [4.69, 9.17) is 10.5 Å². The van der Waals surface area contributed by atoms with Gasteiger partial charge in [-0.05, 0) is 18.8 Å². The molecule has 0 spiro atoms. The Bertz CT molecular complexity index is 228. The zero-order valence-corrected chi connectivity index (χ0v) is 16.1. The number of rotatable bonds is 12. The number of hydrogen-bond acceptors (Lipinski definition) is 3. The number of hydrogen-bond donors (Lipinski definition) is 1. The Morgan fingerprint density at radius 2 is 1.55 bits per heavy atom. The van der Waals surface area contributed by atoms with Crippen LogP contribution < -0.4 is 35.3 Å². The third-order valence-electron chi connectivity index (χ3n) is 3.27. The summed E-state index contributed by atoms with van der Waals surface area (Å²) in [6.45, 7) is 6.88. The van der Waals surface area contributed by atoms with E-state index in [0.717, 1.165) is 12.8 Å². The Morgan fingerprint density at radius 1 is 1.05 bits per heavy atom. The van der Waals surface area contributed by atoms with Gasteiger partial charge in [0.25, 0.3) is 0 Å². The fraction of sp³-hybridized carbons (Fsp3) is 0.938. The van der Waals surface area contributed by atoms with Gasteiger partial charge in [-0.25, -0.2) is 0 Å². The molecule has 0 aromatic rings. The second-order valence-electron chi connectivity index (χ2n) is 5.88. The first-order valence-corrected chi connectivity index (χ1v) is 8.00. The third kappa shape index (κ3) is 14.8. The van der Waals surface area contributed by atoms with Gasteiger partial charge in [-0.1, -0.05) is 65.7 Å². The van der Waals surface area contributed by atoms with Gasteiger partial charge in [0, 0.05) is 0 Å². The second-order valence-corrected chi connectivity index (χ2v) is 5.88. The maximum Gasteiger partial charge on any atom is 1.00 e. The largest absolute Gasteiger partial charge is 1.00 e. The van der Waals surface area contributed by atoms with E-state index >= 15 is 0 Å². The summed E-state index contributed by atoms with van der Waals surface area (Å²) in [6.07, 6.45) is 10.7. The number of carbonyl (C=O) groups excluding carboxylic acids is 1. The van der Waals surface area contributed by atoms with Crippen molar-refractivity contribution in [2.75, 3.05) is 6.61 Å². The molecule has 3 nitrogen and oxygen atoms in total. The monoisotopic (exact) mass is 295 g/mol. The van der Waals surface area contributed by atoms with Crippen LogP contribution in [0, 0.1) is 5.92 Å². The third-order valence-corrected chi connectivity index (χ3v) is 3.27. The minimum atomic E-state index is -0.450. The van der Waals surface area contributed by atoms with Crippen molar-refractivity contribution in [2.45, 2.75) is 84.6 Å². The second kappa shape index (κ2) is 15.8.